The summed E-state index contributed by atoms with van der Waals surface area (Å²) >= 11 is 0. The van der Waals surface area contributed by atoms with Gasteiger partial charge in [0.25, 0.3) is 0 Å². The second-order valence-electron chi connectivity index (χ2n) is 3.66. The summed E-state index contributed by atoms with van der Waals surface area (Å²) in [6, 6.07) is 0. The average Bonchev–Trinajstić information content (AvgIpc) is 2.24. The van der Waals surface area contributed by atoms with E-state index in [-0.39, 0.29) is 0 Å². The van der Waals surface area contributed by atoms with Crippen molar-refractivity contribution in [1.82, 2.24) is 5.32 Å². The highest BCUT2D eigenvalue weighted by atomic mass is 14.8. The van der Waals surface area contributed by atoms with Crippen LogP contribution in [0, 0.1) is 0 Å². The van der Waals surface area contributed by atoms with Gasteiger partial charge in [0.1, 0.15) is 0 Å². The zero-order valence-electron chi connectivity index (χ0n) is 10.1. The van der Waals surface area contributed by atoms with Crippen LogP contribution in [0.4, 0.5) is 0 Å². The third-order valence-electron chi connectivity index (χ3n) is 2.20. The maximum Gasteiger partial charge on any atom is 0.0161 e. The molecule has 0 aliphatic heterocycles. The first-order valence-corrected chi connectivity index (χ1v) is 5.53. The van der Waals surface area contributed by atoms with Crippen LogP contribution in [-0.2, 0) is 0 Å². The van der Waals surface area contributed by atoms with Crippen LogP contribution in [0.3, 0.4) is 0 Å². The molecule has 1 nitrogen and oxygen atoms in total. The maximum absolute atomic E-state index is 3.95. The Morgan fingerprint density at radius 2 is 2.07 bits per heavy atom. The molecule has 0 aromatic heterocycles. The molecule has 0 aromatic rings. The molecule has 0 bridgehead atoms. The van der Waals surface area contributed by atoms with E-state index in [0.717, 1.165) is 25.9 Å². The normalized spacial score (nSPS) is 12.0. The Kier molecular flexibility index (Phi) is 8.79. The van der Waals surface area contributed by atoms with E-state index in [1.54, 1.807) is 6.08 Å². The molecule has 0 radical (unpaired) electrons. The summed E-state index contributed by atoms with van der Waals surface area (Å²) in [5.41, 5.74) is 2.64. The Labute approximate surface area is 94.3 Å². The molecule has 0 saturated heterocycles. The lowest BCUT2D eigenvalue weighted by atomic mass is 10.2. The Bertz CT molecular complexity index is 246. The Morgan fingerprint density at radius 3 is 2.67 bits per heavy atom. The number of hydrogen-bond donors (Lipinski definition) is 1. The van der Waals surface area contributed by atoms with Crippen molar-refractivity contribution in [3.05, 3.63) is 48.6 Å². The van der Waals surface area contributed by atoms with Gasteiger partial charge < -0.3 is 5.32 Å². The SMILES string of the molecule is C=C/C=C\C=C(/C)CCNCC(=C)CC. The highest BCUT2D eigenvalue weighted by Gasteiger charge is 1.91. The van der Waals surface area contributed by atoms with Crippen LogP contribution in [0.25, 0.3) is 0 Å². The van der Waals surface area contributed by atoms with Crippen LogP contribution in [0.5, 0.6) is 0 Å². The number of hydrogen-bond acceptors (Lipinski definition) is 1. The lowest BCUT2D eigenvalue weighted by Gasteiger charge is -2.05. The molecule has 0 saturated carbocycles. The maximum atomic E-state index is 3.95. The van der Waals surface area contributed by atoms with E-state index in [2.05, 4.69) is 38.4 Å². The number of rotatable bonds is 8. The Balaban J connectivity index is 3.58. The van der Waals surface area contributed by atoms with Crippen molar-refractivity contribution < 1.29 is 0 Å². The summed E-state index contributed by atoms with van der Waals surface area (Å²) in [6.07, 6.45) is 10.0. The second-order valence-corrected chi connectivity index (χ2v) is 3.66. The minimum Gasteiger partial charge on any atom is -0.313 e. The molecule has 0 amide bonds. The van der Waals surface area contributed by atoms with Gasteiger partial charge in [-0.15, -0.1) is 0 Å². The average molecular weight is 205 g/mol. The largest absolute Gasteiger partial charge is 0.313 e. The molecule has 84 valence electrons. The fourth-order valence-corrected chi connectivity index (χ4v) is 1.06. The standard InChI is InChI=1S/C14H23N/c1-5-7-8-9-14(4)10-11-15-12-13(3)6-2/h5,7-9,15H,1,3,6,10-12H2,2,4H3/b8-7-,14-9+. The van der Waals surface area contributed by atoms with Crippen LogP contribution >= 0.6 is 0 Å². The molecule has 0 rings (SSSR count). The van der Waals surface area contributed by atoms with E-state index < -0.39 is 0 Å². The van der Waals surface area contributed by atoms with Gasteiger partial charge in [-0.1, -0.05) is 55.5 Å². The molecule has 0 fully saturated rings. The zero-order valence-corrected chi connectivity index (χ0v) is 10.1. The smallest absolute Gasteiger partial charge is 0.0161 e. The first-order valence-electron chi connectivity index (χ1n) is 5.53. The fraction of sp³-hybridized carbons (Fsp3) is 0.429. The van der Waals surface area contributed by atoms with Gasteiger partial charge in [0.2, 0.25) is 0 Å². The first kappa shape index (κ1) is 13.9. The summed E-state index contributed by atoms with van der Waals surface area (Å²) in [5, 5.41) is 3.37. The van der Waals surface area contributed by atoms with Gasteiger partial charge >= 0.3 is 0 Å². The summed E-state index contributed by atoms with van der Waals surface area (Å²) in [4.78, 5) is 0. The molecule has 0 aliphatic rings. The van der Waals surface area contributed by atoms with E-state index in [1.807, 2.05) is 12.2 Å². The molecule has 0 heterocycles. The van der Waals surface area contributed by atoms with E-state index in [9.17, 15) is 0 Å². The Hall–Kier alpha value is -1.08. The predicted molar refractivity (Wildman–Crippen MR) is 70.0 cm³/mol. The van der Waals surface area contributed by atoms with Gasteiger partial charge in [-0.25, -0.2) is 0 Å². The molecule has 1 N–H and O–H groups in total. The third-order valence-corrected chi connectivity index (χ3v) is 2.20. The van der Waals surface area contributed by atoms with Crippen LogP contribution in [-0.4, -0.2) is 13.1 Å². The van der Waals surface area contributed by atoms with Crippen LogP contribution < -0.4 is 5.32 Å². The topological polar surface area (TPSA) is 12.0 Å². The molecule has 15 heavy (non-hydrogen) atoms. The van der Waals surface area contributed by atoms with Gasteiger partial charge in [-0.2, -0.15) is 0 Å². The Morgan fingerprint density at radius 1 is 1.33 bits per heavy atom. The highest BCUT2D eigenvalue weighted by molar-refractivity contribution is 5.14. The van der Waals surface area contributed by atoms with Gasteiger partial charge in [0.15, 0.2) is 0 Å². The highest BCUT2D eigenvalue weighted by Crippen LogP contribution is 1.99. The minimum atomic E-state index is 0.937. The fourth-order valence-electron chi connectivity index (χ4n) is 1.06. The van der Waals surface area contributed by atoms with Gasteiger partial charge in [0, 0.05) is 6.54 Å². The lowest BCUT2D eigenvalue weighted by molar-refractivity contribution is 0.714. The van der Waals surface area contributed by atoms with Gasteiger partial charge in [-0.3, -0.25) is 0 Å². The molecule has 0 aromatic carbocycles. The quantitative estimate of drug-likeness (QED) is 0.362. The van der Waals surface area contributed by atoms with Crippen molar-refractivity contribution in [2.45, 2.75) is 26.7 Å². The van der Waals surface area contributed by atoms with Crippen molar-refractivity contribution >= 4 is 0 Å². The number of nitrogens with one attached hydrogen (secondary N) is 1. The first-order chi connectivity index (χ1) is 7.20. The molecular weight excluding hydrogens is 182 g/mol. The number of allylic oxidation sites excluding steroid dienone is 4. The summed E-state index contributed by atoms with van der Waals surface area (Å²) < 4.78 is 0. The van der Waals surface area contributed by atoms with Crippen molar-refractivity contribution in [2.24, 2.45) is 0 Å². The van der Waals surface area contributed by atoms with Crippen molar-refractivity contribution in [3.63, 3.8) is 0 Å². The van der Waals surface area contributed by atoms with E-state index in [1.165, 1.54) is 11.1 Å². The van der Waals surface area contributed by atoms with Crippen LogP contribution in [0.2, 0.25) is 0 Å². The van der Waals surface area contributed by atoms with Gasteiger partial charge in [-0.05, 0) is 26.3 Å². The van der Waals surface area contributed by atoms with Crippen LogP contribution in [0.1, 0.15) is 26.7 Å². The van der Waals surface area contributed by atoms with Crippen molar-refractivity contribution in [3.8, 4) is 0 Å². The van der Waals surface area contributed by atoms with Crippen molar-refractivity contribution in [1.29, 1.82) is 0 Å². The second kappa shape index (κ2) is 9.47. The molecule has 0 aliphatic carbocycles. The summed E-state index contributed by atoms with van der Waals surface area (Å²) in [7, 11) is 0. The van der Waals surface area contributed by atoms with E-state index in [4.69, 9.17) is 0 Å². The van der Waals surface area contributed by atoms with E-state index in [0.29, 0.717) is 0 Å². The molecule has 1 heteroatoms. The minimum absolute atomic E-state index is 0.937. The lowest BCUT2D eigenvalue weighted by Crippen LogP contribution is -2.18. The molecular formula is C14H23N. The summed E-state index contributed by atoms with van der Waals surface area (Å²) in [6.45, 7) is 13.8. The van der Waals surface area contributed by atoms with Crippen LogP contribution in [0.15, 0.2) is 48.6 Å². The van der Waals surface area contributed by atoms with Gasteiger partial charge in [0.05, 0.1) is 0 Å². The summed E-state index contributed by atoms with van der Waals surface area (Å²) in [5.74, 6) is 0. The van der Waals surface area contributed by atoms with E-state index >= 15 is 0 Å². The monoisotopic (exact) mass is 205 g/mol. The molecule has 0 atom stereocenters. The zero-order chi connectivity index (χ0) is 11.5. The van der Waals surface area contributed by atoms with Crippen molar-refractivity contribution in [2.75, 3.05) is 13.1 Å². The molecule has 0 spiro atoms. The predicted octanol–water partition coefficient (Wildman–Crippen LogP) is 3.62. The molecule has 0 unspecified atom stereocenters. The third kappa shape index (κ3) is 9.23.